The first kappa shape index (κ1) is 75.8. The molecule has 0 spiro atoms. The van der Waals surface area contributed by atoms with Crippen LogP contribution in [0.4, 0.5) is 0 Å². The summed E-state index contributed by atoms with van der Waals surface area (Å²) < 4.78 is 0. The molecule has 0 aromatic rings. The average Bonchev–Trinajstić information content (AvgIpc) is 3.60. The molecule has 1 aliphatic carbocycles. The Morgan fingerprint density at radius 1 is 0.429 bits per heavy atom. The highest BCUT2D eigenvalue weighted by Gasteiger charge is 2.37. The first-order chi connectivity index (χ1) is 39.5. The van der Waals surface area contributed by atoms with Crippen molar-refractivity contribution < 1.29 is 53.1 Å². The lowest BCUT2D eigenvalue weighted by Crippen LogP contribution is -2.62. The highest BCUT2D eigenvalue weighted by molar-refractivity contribution is 5.98. The summed E-state index contributed by atoms with van der Waals surface area (Å²) >= 11 is 0. The number of nitrogens with two attached hydrogens (primary N) is 6. The predicted molar refractivity (Wildman–Crippen MR) is 322 cm³/mol. The quantitative estimate of drug-likeness (QED) is 0.0191. The standard InChI is InChI=1S/C57H108N16O11/c1-32(2)26-41(48(61)76)69-54(82)44(29-35(7)8)72-56(84)47(36(9)74)73-51(79)39(21-14-16-24-59)68-55(83)45(30-37-18-11-10-12-19-37)71-50(78)40(22-17-25-64-57(62)63)66-49(77)38(20-13-15-23-58)67-53(81)43(28-34(5)6)70-52(80)42(27-33(3)4)65-46(75)31-60/h32-45,47,74H,10-31,58-60H2,1-9H3,(H2,61,76)(H,65,75)(H,66,77)(H,67,81)(H,68,83)(H,69,82)(H,70,80)(H,71,78)(H,72,84)(H,73,79)(H4,62,63,64)/t36-,38+,39+,40+,41+,42+,43+,44+,45+,47+/m1/s1. The molecular weight excluding hydrogens is 1080 g/mol. The van der Waals surface area contributed by atoms with E-state index in [0.29, 0.717) is 25.7 Å². The van der Waals surface area contributed by atoms with Crippen molar-refractivity contribution in [3.63, 3.8) is 0 Å². The lowest BCUT2D eigenvalue weighted by molar-refractivity contribution is -0.137. The second-order valence-corrected chi connectivity index (χ2v) is 24.2. The van der Waals surface area contributed by atoms with Crippen LogP contribution in [0, 0.1) is 29.6 Å². The van der Waals surface area contributed by atoms with Gasteiger partial charge in [0.1, 0.15) is 54.4 Å². The highest BCUT2D eigenvalue weighted by Crippen LogP contribution is 2.28. The molecule has 0 bridgehead atoms. The molecule has 1 aliphatic rings. The SMILES string of the molecule is CC(C)C[C@H](NC(=O)[C@H](CC(C)C)NC(=O)[C@@H](NC(=O)[C@H](CCCCN)NC(=O)[C@H](CC1CCCCC1)NC(=O)[C@H](CCCN=C(N)N)NC(=O)[C@H](CCCCN)NC(=O)[C@H](CC(C)C)NC(=O)[C@H](CC(C)C)NC(=O)CN)[C@@H](C)O)C(N)=O. The summed E-state index contributed by atoms with van der Waals surface area (Å²) in [7, 11) is 0. The first-order valence-electron chi connectivity index (χ1n) is 30.4. The van der Waals surface area contributed by atoms with Crippen LogP contribution in [0.1, 0.15) is 178 Å². The zero-order valence-corrected chi connectivity index (χ0v) is 51.7. The summed E-state index contributed by atoms with van der Waals surface area (Å²) in [6.07, 6.45) is 5.64. The molecule has 1 saturated carbocycles. The van der Waals surface area contributed by atoms with Gasteiger partial charge in [0, 0.05) is 6.54 Å². The number of hydrogen-bond donors (Lipinski definition) is 16. The van der Waals surface area contributed by atoms with Gasteiger partial charge in [0.05, 0.1) is 12.6 Å². The Morgan fingerprint density at radius 2 is 0.774 bits per heavy atom. The van der Waals surface area contributed by atoms with Crippen molar-refractivity contribution in [2.24, 2.45) is 69.0 Å². The lowest BCUT2D eigenvalue weighted by Gasteiger charge is -2.31. The summed E-state index contributed by atoms with van der Waals surface area (Å²) in [6, 6.07) is -11.1. The third kappa shape index (κ3) is 31.1. The third-order valence-corrected chi connectivity index (χ3v) is 14.3. The monoisotopic (exact) mass is 1190 g/mol. The van der Waals surface area contributed by atoms with E-state index in [1.165, 1.54) is 6.92 Å². The molecular formula is C57H108N16O11. The number of primary amides is 1. The minimum atomic E-state index is -1.63. The van der Waals surface area contributed by atoms with Crippen LogP contribution in [-0.4, -0.2) is 157 Å². The van der Waals surface area contributed by atoms with Gasteiger partial charge in [-0.2, -0.15) is 0 Å². The summed E-state index contributed by atoms with van der Waals surface area (Å²) in [5.74, 6) is -7.77. The Bertz CT molecular complexity index is 2100. The molecule has 0 radical (unpaired) electrons. The van der Waals surface area contributed by atoms with Crippen LogP contribution in [0.15, 0.2) is 4.99 Å². The topological polar surface area (TPSA) is 468 Å². The molecule has 482 valence electrons. The number of hydrogen-bond acceptors (Lipinski definition) is 15. The zero-order chi connectivity index (χ0) is 63.6. The highest BCUT2D eigenvalue weighted by atomic mass is 16.3. The zero-order valence-electron chi connectivity index (χ0n) is 51.7. The summed E-state index contributed by atoms with van der Waals surface area (Å²) in [5, 5.41) is 35.4. The second kappa shape index (κ2) is 41.0. The molecule has 0 aromatic heterocycles. The van der Waals surface area contributed by atoms with Gasteiger partial charge in [-0.1, -0.05) is 87.5 Å². The molecule has 0 aliphatic heterocycles. The van der Waals surface area contributed by atoms with Crippen LogP contribution < -0.4 is 82.3 Å². The molecule has 10 amide bonds. The van der Waals surface area contributed by atoms with Crippen molar-refractivity contribution in [2.75, 3.05) is 26.2 Å². The van der Waals surface area contributed by atoms with Crippen molar-refractivity contribution in [3.05, 3.63) is 0 Å². The molecule has 10 atom stereocenters. The van der Waals surface area contributed by atoms with Crippen molar-refractivity contribution in [3.8, 4) is 0 Å². The van der Waals surface area contributed by atoms with E-state index in [1.54, 1.807) is 0 Å². The fourth-order valence-electron chi connectivity index (χ4n) is 9.92. The Balaban J connectivity index is 3.72. The minimum absolute atomic E-state index is 0.00325. The van der Waals surface area contributed by atoms with Crippen molar-refractivity contribution >= 4 is 65.0 Å². The van der Waals surface area contributed by atoms with E-state index in [1.807, 2.05) is 55.4 Å². The van der Waals surface area contributed by atoms with E-state index >= 15 is 0 Å². The molecule has 1 fully saturated rings. The van der Waals surface area contributed by atoms with Crippen LogP contribution in [0.2, 0.25) is 0 Å². The van der Waals surface area contributed by atoms with Crippen LogP contribution in [-0.2, 0) is 47.9 Å². The van der Waals surface area contributed by atoms with Gasteiger partial charge in [0.15, 0.2) is 5.96 Å². The molecule has 0 unspecified atom stereocenters. The van der Waals surface area contributed by atoms with Gasteiger partial charge in [0.2, 0.25) is 59.1 Å². The maximum atomic E-state index is 14.7. The van der Waals surface area contributed by atoms with E-state index in [-0.39, 0.29) is 120 Å². The maximum Gasteiger partial charge on any atom is 0.245 e. The number of aliphatic hydroxyl groups is 1. The Morgan fingerprint density at radius 3 is 1.17 bits per heavy atom. The number of unbranched alkanes of at least 4 members (excludes halogenated alkanes) is 2. The van der Waals surface area contributed by atoms with Gasteiger partial charge in [-0.15, -0.1) is 0 Å². The molecule has 0 heterocycles. The van der Waals surface area contributed by atoms with Crippen molar-refractivity contribution in [2.45, 2.75) is 238 Å². The van der Waals surface area contributed by atoms with Crippen LogP contribution in [0.25, 0.3) is 0 Å². The molecule has 22 N–H and O–H groups in total. The van der Waals surface area contributed by atoms with E-state index < -0.39 is 120 Å². The number of rotatable bonds is 42. The number of aliphatic imine (C=N–C) groups is 1. The molecule has 0 saturated heterocycles. The largest absolute Gasteiger partial charge is 0.391 e. The van der Waals surface area contributed by atoms with Crippen molar-refractivity contribution in [1.82, 2.24) is 47.9 Å². The number of nitrogens with zero attached hydrogens (tertiary/aromatic N) is 1. The van der Waals surface area contributed by atoms with E-state index in [0.717, 1.165) is 32.1 Å². The maximum absolute atomic E-state index is 14.7. The molecule has 1 rings (SSSR count). The van der Waals surface area contributed by atoms with Gasteiger partial charge in [-0.05, 0) is 133 Å². The van der Waals surface area contributed by atoms with Gasteiger partial charge in [-0.25, -0.2) is 0 Å². The normalized spacial score (nSPS) is 16.3. The number of aliphatic hydroxyl groups excluding tert-OH is 1. The first-order valence-corrected chi connectivity index (χ1v) is 30.4. The Hall–Kier alpha value is -6.19. The lowest BCUT2D eigenvalue weighted by atomic mass is 9.84. The van der Waals surface area contributed by atoms with Crippen LogP contribution in [0.5, 0.6) is 0 Å². The molecule has 27 heteroatoms. The van der Waals surface area contributed by atoms with E-state index in [4.69, 9.17) is 34.4 Å². The summed E-state index contributed by atoms with van der Waals surface area (Å²) in [4.78, 5) is 142. The number of guanidine groups is 1. The average molecular weight is 1190 g/mol. The van der Waals surface area contributed by atoms with Gasteiger partial charge >= 0.3 is 0 Å². The smallest absolute Gasteiger partial charge is 0.245 e. The summed E-state index contributed by atoms with van der Waals surface area (Å²) in [6.45, 7) is 16.3. The van der Waals surface area contributed by atoms with E-state index in [2.05, 4.69) is 52.8 Å². The molecule has 84 heavy (non-hydrogen) atoms. The van der Waals surface area contributed by atoms with Crippen LogP contribution >= 0.6 is 0 Å². The number of carbonyl (C=O) groups is 10. The second-order valence-electron chi connectivity index (χ2n) is 24.2. The number of carbonyl (C=O) groups excluding carboxylic acids is 10. The Kier molecular flexibility index (Phi) is 37.0. The minimum Gasteiger partial charge on any atom is -0.391 e. The fraction of sp³-hybridized carbons (Fsp3) is 0.807. The van der Waals surface area contributed by atoms with Gasteiger partial charge < -0.3 is 87.4 Å². The molecule has 27 nitrogen and oxygen atoms in total. The predicted octanol–water partition coefficient (Wildman–Crippen LogP) is -1.36. The third-order valence-electron chi connectivity index (χ3n) is 14.3. The summed E-state index contributed by atoms with van der Waals surface area (Å²) in [5.41, 5.74) is 34.0. The van der Waals surface area contributed by atoms with Crippen molar-refractivity contribution in [1.29, 1.82) is 0 Å². The fourth-order valence-corrected chi connectivity index (χ4v) is 9.92. The van der Waals surface area contributed by atoms with E-state index in [9.17, 15) is 53.1 Å². The Labute approximate surface area is 497 Å². The van der Waals surface area contributed by atoms with Crippen LogP contribution in [0.3, 0.4) is 0 Å². The van der Waals surface area contributed by atoms with Gasteiger partial charge in [-0.3, -0.25) is 52.9 Å². The number of amides is 10. The van der Waals surface area contributed by atoms with Gasteiger partial charge in [0.25, 0.3) is 0 Å². The molecule has 0 aromatic carbocycles. The number of nitrogens with one attached hydrogen (secondary N) is 9.